The van der Waals surface area contributed by atoms with E-state index in [9.17, 15) is 19.7 Å². The van der Waals surface area contributed by atoms with Gasteiger partial charge in [-0.15, -0.1) is 0 Å². The molecule has 0 aliphatic carbocycles. The van der Waals surface area contributed by atoms with E-state index in [1.54, 1.807) is 0 Å². The highest BCUT2D eigenvalue weighted by Gasteiger charge is 2.22. The molecule has 2 rings (SSSR count). The molecule has 0 fully saturated rings. The van der Waals surface area contributed by atoms with Crippen molar-refractivity contribution in [2.75, 3.05) is 0 Å². The minimum atomic E-state index is -1.42. The molecule has 8 heteroatoms. The molecule has 0 atom stereocenters. The predicted molar refractivity (Wildman–Crippen MR) is 58.7 cm³/mol. The van der Waals surface area contributed by atoms with E-state index in [1.807, 2.05) is 0 Å². The number of rotatable bonds is 2. The second-order valence-corrected chi connectivity index (χ2v) is 4.27. The molecule has 0 saturated heterocycles. The van der Waals surface area contributed by atoms with Gasteiger partial charge in [0.05, 0.1) is 15.2 Å². The van der Waals surface area contributed by atoms with Crippen molar-refractivity contribution in [1.82, 2.24) is 0 Å². The first kappa shape index (κ1) is 11.3. The first-order valence-electron chi connectivity index (χ1n) is 4.36. The van der Waals surface area contributed by atoms with Crippen LogP contribution in [0.15, 0.2) is 15.3 Å². The van der Waals surface area contributed by atoms with Crippen LogP contribution in [0.25, 0.3) is 10.3 Å². The zero-order chi connectivity index (χ0) is 12.7. The predicted octanol–water partition coefficient (Wildman–Crippen LogP) is 1.77. The molecule has 0 spiro atoms. The van der Waals surface area contributed by atoms with Crippen LogP contribution < -0.4 is 5.63 Å². The van der Waals surface area contributed by atoms with Gasteiger partial charge in [-0.25, -0.2) is 9.59 Å². The molecule has 1 N–H and O–H groups in total. The Morgan fingerprint density at radius 2 is 2.24 bits per heavy atom. The monoisotopic (exact) mass is 255 g/mol. The van der Waals surface area contributed by atoms with E-state index < -0.39 is 22.1 Å². The number of carboxylic acid groups (broad SMARTS) is 1. The standard InChI is InChI=1S/C9H5NO6S/c1-3-6-5(17-7(3)10(14)15)2-4(8(11)12)9(13)16-6/h2H,1H3,(H,11,12). The van der Waals surface area contributed by atoms with E-state index in [0.717, 1.165) is 17.4 Å². The van der Waals surface area contributed by atoms with Gasteiger partial charge in [0.25, 0.3) is 0 Å². The lowest BCUT2D eigenvalue weighted by Gasteiger charge is -1.92. The molecular weight excluding hydrogens is 250 g/mol. The van der Waals surface area contributed by atoms with Crippen molar-refractivity contribution in [3.63, 3.8) is 0 Å². The average Bonchev–Trinajstić information content (AvgIpc) is 2.55. The van der Waals surface area contributed by atoms with Crippen molar-refractivity contribution >= 4 is 32.6 Å². The van der Waals surface area contributed by atoms with Crippen molar-refractivity contribution in [3.8, 4) is 0 Å². The quantitative estimate of drug-likeness (QED) is 0.646. The molecule has 0 aromatic carbocycles. The number of nitro groups is 1. The molecule has 2 heterocycles. The summed E-state index contributed by atoms with van der Waals surface area (Å²) in [4.78, 5) is 32.1. The lowest BCUT2D eigenvalue weighted by atomic mass is 10.2. The van der Waals surface area contributed by atoms with Gasteiger partial charge in [-0.1, -0.05) is 11.3 Å². The maximum Gasteiger partial charge on any atom is 0.351 e. The number of thiophene rings is 1. The molecule has 0 bridgehead atoms. The molecule has 2 aromatic heterocycles. The van der Waals surface area contributed by atoms with Gasteiger partial charge in [0.2, 0.25) is 0 Å². The fourth-order valence-corrected chi connectivity index (χ4v) is 2.38. The van der Waals surface area contributed by atoms with Crippen molar-refractivity contribution in [3.05, 3.63) is 37.7 Å². The normalized spacial score (nSPS) is 10.6. The van der Waals surface area contributed by atoms with Gasteiger partial charge in [0.1, 0.15) is 5.56 Å². The van der Waals surface area contributed by atoms with Crippen molar-refractivity contribution < 1.29 is 19.2 Å². The SMILES string of the molecule is Cc1c([N+](=O)[O-])sc2cc(C(=O)O)c(=O)oc12. The van der Waals surface area contributed by atoms with Crippen LogP contribution >= 0.6 is 11.3 Å². The van der Waals surface area contributed by atoms with Crippen LogP contribution in [0.3, 0.4) is 0 Å². The number of nitrogens with zero attached hydrogens (tertiary/aromatic N) is 1. The fraction of sp³-hybridized carbons (Fsp3) is 0.111. The van der Waals surface area contributed by atoms with E-state index in [0.29, 0.717) is 0 Å². The summed E-state index contributed by atoms with van der Waals surface area (Å²) in [6, 6.07) is 1.09. The molecule has 0 aliphatic heterocycles. The highest BCUT2D eigenvalue weighted by Crippen LogP contribution is 2.35. The third kappa shape index (κ3) is 1.68. The maximum atomic E-state index is 11.3. The summed E-state index contributed by atoms with van der Waals surface area (Å²) in [5.41, 5.74) is -1.25. The molecule has 2 aromatic rings. The van der Waals surface area contributed by atoms with Gasteiger partial charge in [-0.2, -0.15) is 0 Å². The minimum Gasteiger partial charge on any atom is -0.477 e. The molecule has 88 valence electrons. The van der Waals surface area contributed by atoms with E-state index in [1.165, 1.54) is 6.92 Å². The molecule has 0 unspecified atom stereocenters. The Hall–Kier alpha value is -2.22. The van der Waals surface area contributed by atoms with Crippen LogP contribution in [0.2, 0.25) is 0 Å². The zero-order valence-corrected chi connectivity index (χ0v) is 9.24. The summed E-state index contributed by atoms with van der Waals surface area (Å²) in [5.74, 6) is -1.42. The van der Waals surface area contributed by atoms with Crippen molar-refractivity contribution in [1.29, 1.82) is 0 Å². The van der Waals surface area contributed by atoms with E-state index in [-0.39, 0.29) is 20.8 Å². The number of hydrogen-bond acceptors (Lipinski definition) is 6. The summed E-state index contributed by atoms with van der Waals surface area (Å²) in [6.45, 7) is 1.44. The zero-order valence-electron chi connectivity index (χ0n) is 8.42. The van der Waals surface area contributed by atoms with Crippen LogP contribution in [0.5, 0.6) is 0 Å². The summed E-state index contributed by atoms with van der Waals surface area (Å²) < 4.78 is 5.05. The number of carbonyl (C=O) groups is 1. The van der Waals surface area contributed by atoms with Crippen molar-refractivity contribution in [2.45, 2.75) is 6.92 Å². The third-order valence-electron chi connectivity index (χ3n) is 2.18. The number of hydrogen-bond donors (Lipinski definition) is 1. The van der Waals surface area contributed by atoms with Gasteiger partial charge in [0, 0.05) is 0 Å². The Morgan fingerprint density at radius 3 is 2.76 bits per heavy atom. The second kappa shape index (κ2) is 3.67. The molecular formula is C9H5NO6S. The third-order valence-corrected chi connectivity index (χ3v) is 3.35. The van der Waals surface area contributed by atoms with E-state index >= 15 is 0 Å². The molecule has 0 amide bonds. The molecule has 0 saturated carbocycles. The molecule has 7 nitrogen and oxygen atoms in total. The summed E-state index contributed by atoms with van der Waals surface area (Å²) in [6.07, 6.45) is 0. The first-order chi connectivity index (χ1) is 7.91. The largest absolute Gasteiger partial charge is 0.477 e. The van der Waals surface area contributed by atoms with Crippen LogP contribution in [-0.2, 0) is 0 Å². The van der Waals surface area contributed by atoms with Crippen molar-refractivity contribution in [2.24, 2.45) is 0 Å². The Bertz CT molecular complexity index is 697. The highest BCUT2D eigenvalue weighted by atomic mass is 32.1. The summed E-state index contributed by atoms with van der Waals surface area (Å²) in [5, 5.41) is 19.2. The number of carboxylic acids is 1. The second-order valence-electron chi connectivity index (χ2n) is 3.24. The number of fused-ring (bicyclic) bond motifs is 1. The summed E-state index contributed by atoms with van der Waals surface area (Å²) >= 11 is 0.777. The van der Waals surface area contributed by atoms with Crippen LogP contribution in [0, 0.1) is 17.0 Å². The fourth-order valence-electron chi connectivity index (χ4n) is 1.39. The lowest BCUT2D eigenvalue weighted by molar-refractivity contribution is -0.380. The van der Waals surface area contributed by atoms with Gasteiger partial charge < -0.3 is 9.52 Å². The minimum absolute atomic E-state index is 0.0664. The molecule has 0 aliphatic rings. The Balaban J connectivity index is 2.85. The van der Waals surface area contributed by atoms with Crippen LogP contribution in [0.1, 0.15) is 15.9 Å². The van der Waals surface area contributed by atoms with Gasteiger partial charge >= 0.3 is 16.6 Å². The Morgan fingerprint density at radius 1 is 1.59 bits per heavy atom. The average molecular weight is 255 g/mol. The Kier molecular flexibility index (Phi) is 2.43. The lowest BCUT2D eigenvalue weighted by Crippen LogP contribution is -2.12. The number of aromatic carboxylic acids is 1. The van der Waals surface area contributed by atoms with E-state index in [2.05, 4.69) is 0 Å². The van der Waals surface area contributed by atoms with Gasteiger partial charge in [-0.3, -0.25) is 10.1 Å². The highest BCUT2D eigenvalue weighted by molar-refractivity contribution is 7.22. The van der Waals surface area contributed by atoms with E-state index in [4.69, 9.17) is 9.52 Å². The maximum absolute atomic E-state index is 11.3. The van der Waals surface area contributed by atoms with Gasteiger partial charge in [-0.05, 0) is 13.0 Å². The molecule has 17 heavy (non-hydrogen) atoms. The summed E-state index contributed by atoms with van der Waals surface area (Å²) in [7, 11) is 0. The number of aryl methyl sites for hydroxylation is 1. The smallest absolute Gasteiger partial charge is 0.351 e. The van der Waals surface area contributed by atoms with Gasteiger partial charge in [0.15, 0.2) is 5.58 Å². The topological polar surface area (TPSA) is 111 Å². The van der Waals surface area contributed by atoms with Crippen LogP contribution in [-0.4, -0.2) is 16.0 Å². The van der Waals surface area contributed by atoms with Crippen LogP contribution in [0.4, 0.5) is 5.00 Å². The first-order valence-corrected chi connectivity index (χ1v) is 5.18. The Labute approximate surface area is 97.1 Å². The molecule has 0 radical (unpaired) electrons.